The Morgan fingerprint density at radius 1 is 1.20 bits per heavy atom. The second-order valence-electron chi connectivity index (χ2n) is 9.66. The van der Waals surface area contributed by atoms with E-state index in [0.29, 0.717) is 5.69 Å². The van der Waals surface area contributed by atoms with Crippen LogP contribution >= 0.6 is 22.6 Å². The van der Waals surface area contributed by atoms with E-state index in [2.05, 4.69) is 32.9 Å². The van der Waals surface area contributed by atoms with E-state index in [1.54, 1.807) is 18.2 Å². The van der Waals surface area contributed by atoms with Crippen molar-refractivity contribution in [1.82, 2.24) is 15.0 Å². The van der Waals surface area contributed by atoms with Crippen molar-refractivity contribution in [1.29, 1.82) is 0 Å². The minimum atomic E-state index is -1.64. The first kappa shape index (κ1) is 29.8. The van der Waals surface area contributed by atoms with E-state index in [9.17, 15) is 33.3 Å². The van der Waals surface area contributed by atoms with Gasteiger partial charge in [0.05, 0.1) is 32.1 Å². The molecule has 0 unspecified atom stereocenters. The normalized spacial score (nSPS) is 28.1. The quantitative estimate of drug-likeness (QED) is 0.249. The third-order valence-electron chi connectivity index (χ3n) is 7.15. The molecular weight excluding hydrogens is 664 g/mol. The number of carbonyl (C=O) groups is 1. The van der Waals surface area contributed by atoms with Crippen LogP contribution in [0.15, 0.2) is 42.6 Å². The first-order chi connectivity index (χ1) is 19.6. The molecule has 0 radical (unpaired) electrons. The molecule has 2 aliphatic rings. The maximum Gasteiger partial charge on any atom is 0.259 e. The summed E-state index contributed by atoms with van der Waals surface area (Å²) in [5, 5.41) is 39.7. The van der Waals surface area contributed by atoms with Crippen LogP contribution in [0, 0.1) is 21.0 Å². The fraction of sp³-hybridized carbons (Fsp3) is 0.423. The van der Waals surface area contributed by atoms with Crippen LogP contribution in [0.4, 0.5) is 18.9 Å². The molecule has 220 valence electrons. The lowest BCUT2D eigenvalue weighted by Gasteiger charge is -2.45. The maximum atomic E-state index is 14.2. The number of ether oxygens (including phenoxy) is 3. The van der Waals surface area contributed by atoms with Gasteiger partial charge in [-0.05, 0) is 52.9 Å². The van der Waals surface area contributed by atoms with E-state index in [4.69, 9.17) is 14.2 Å². The Labute approximate surface area is 245 Å². The van der Waals surface area contributed by atoms with E-state index >= 15 is 0 Å². The minimum absolute atomic E-state index is 0.0184. The van der Waals surface area contributed by atoms with Crippen LogP contribution in [0.25, 0.3) is 11.3 Å². The van der Waals surface area contributed by atoms with Crippen LogP contribution < -0.4 is 4.90 Å². The summed E-state index contributed by atoms with van der Waals surface area (Å²) in [5.74, 6) is -5.11. The molecule has 41 heavy (non-hydrogen) atoms. The Bertz CT molecular complexity index is 1390. The lowest BCUT2D eigenvalue weighted by Crippen LogP contribution is -2.63. The predicted molar refractivity (Wildman–Crippen MR) is 144 cm³/mol. The number of nitrogens with zero attached hydrogens (tertiary/aromatic N) is 4. The van der Waals surface area contributed by atoms with Gasteiger partial charge < -0.3 is 34.4 Å². The molecule has 1 aromatic heterocycles. The molecule has 7 atom stereocenters. The van der Waals surface area contributed by atoms with Crippen molar-refractivity contribution in [3.8, 4) is 11.3 Å². The summed E-state index contributed by atoms with van der Waals surface area (Å²) in [6, 6.07) is 6.58. The zero-order valence-corrected chi connectivity index (χ0v) is 23.6. The number of hydrogen-bond donors (Lipinski definition) is 3. The summed E-state index contributed by atoms with van der Waals surface area (Å²) in [6.07, 6.45) is -5.09. The van der Waals surface area contributed by atoms with Crippen LogP contribution in [0.2, 0.25) is 0 Å². The molecule has 15 heteroatoms. The number of carbonyl (C=O) groups excluding carboxylic acids is 1. The fourth-order valence-electron chi connectivity index (χ4n) is 5.14. The Balaban J connectivity index is 1.53. The first-order valence-corrected chi connectivity index (χ1v) is 13.6. The lowest BCUT2D eigenvalue weighted by molar-refractivity contribution is -0.211. The fourth-order valence-corrected chi connectivity index (χ4v) is 5.67. The summed E-state index contributed by atoms with van der Waals surface area (Å²) in [7, 11) is 1.29. The topological polar surface area (TPSA) is 139 Å². The molecule has 3 aromatic rings. The summed E-state index contributed by atoms with van der Waals surface area (Å²) in [6.45, 7) is -0.605. The van der Waals surface area contributed by atoms with Crippen LogP contribution in [-0.4, -0.2) is 99.7 Å². The molecular formula is C26H26F3IN4O7. The number of halogens is 4. The van der Waals surface area contributed by atoms with E-state index in [1.165, 1.54) is 18.2 Å². The molecule has 0 bridgehead atoms. The number of aliphatic hydroxyl groups excluding tert-OH is 3. The standard InChI is InChI=1S/C26H26F3IN4O7/c1-39-24-22(33-8-17(31-32-33)12-5-15(27)21(29)16(28)6-12)23(37)20(9-35)41-25(24)26(38)34(18-10-40-11-19(18)36)14-4-2-3-13(30)7-14/h2-8,18-20,22-25,35-37H,9-11H2,1H3/t18-,19-,20-,22+,23+,24-,25-/m1/s1. The number of amides is 1. The number of methoxy groups -OCH3 is 1. The highest BCUT2D eigenvalue weighted by molar-refractivity contribution is 14.1. The number of hydrogen-bond acceptors (Lipinski definition) is 9. The molecule has 5 rings (SSSR count). The van der Waals surface area contributed by atoms with Crippen LogP contribution in [-0.2, 0) is 19.0 Å². The smallest absolute Gasteiger partial charge is 0.259 e. The molecule has 11 nitrogen and oxygen atoms in total. The van der Waals surface area contributed by atoms with E-state index in [1.807, 2.05) is 6.07 Å². The van der Waals surface area contributed by atoms with Crippen molar-refractivity contribution < 1.29 is 47.5 Å². The number of rotatable bonds is 7. The van der Waals surface area contributed by atoms with Gasteiger partial charge in [0.15, 0.2) is 23.6 Å². The Morgan fingerprint density at radius 3 is 2.54 bits per heavy atom. The molecule has 0 spiro atoms. The van der Waals surface area contributed by atoms with Gasteiger partial charge in [0.25, 0.3) is 5.91 Å². The van der Waals surface area contributed by atoms with Crippen LogP contribution in [0.3, 0.4) is 0 Å². The van der Waals surface area contributed by atoms with Gasteiger partial charge >= 0.3 is 0 Å². The van der Waals surface area contributed by atoms with Crippen molar-refractivity contribution in [2.24, 2.45) is 0 Å². The average Bonchev–Trinajstić information content (AvgIpc) is 3.61. The Hall–Kier alpha value is -2.67. The van der Waals surface area contributed by atoms with E-state index in [-0.39, 0.29) is 24.5 Å². The molecule has 2 saturated heterocycles. The highest BCUT2D eigenvalue weighted by atomic mass is 127. The molecule has 1 amide bonds. The average molecular weight is 690 g/mol. The molecule has 3 heterocycles. The summed E-state index contributed by atoms with van der Waals surface area (Å²) < 4.78 is 60.1. The Morgan fingerprint density at radius 2 is 1.93 bits per heavy atom. The van der Waals surface area contributed by atoms with Crippen molar-refractivity contribution in [3.05, 3.63) is 63.6 Å². The van der Waals surface area contributed by atoms with Gasteiger partial charge in [0.2, 0.25) is 0 Å². The van der Waals surface area contributed by atoms with Gasteiger partial charge in [-0.25, -0.2) is 17.9 Å². The Kier molecular flexibility index (Phi) is 8.93. The SMILES string of the molecule is CO[C@@H]1[C@@H](n2cc(-c3cc(F)c(F)c(F)c3)nn2)[C@@H](O)[C@@H](CO)O[C@H]1C(=O)N(c1cccc(I)c1)[C@@H]1COC[C@H]1O. The monoisotopic (exact) mass is 690 g/mol. The van der Waals surface area contributed by atoms with E-state index in [0.717, 1.165) is 20.4 Å². The molecule has 2 aromatic carbocycles. The van der Waals surface area contributed by atoms with Crippen LogP contribution in [0.1, 0.15) is 6.04 Å². The summed E-state index contributed by atoms with van der Waals surface area (Å²) >= 11 is 2.09. The third-order valence-corrected chi connectivity index (χ3v) is 7.83. The van der Waals surface area contributed by atoms with Crippen LogP contribution in [0.5, 0.6) is 0 Å². The zero-order chi connectivity index (χ0) is 29.4. The van der Waals surface area contributed by atoms with E-state index < -0.39 is 72.6 Å². The molecule has 2 fully saturated rings. The van der Waals surface area contributed by atoms with Gasteiger partial charge in [-0.15, -0.1) is 5.10 Å². The third kappa shape index (κ3) is 5.71. The maximum absolute atomic E-state index is 14.2. The second-order valence-corrected chi connectivity index (χ2v) is 10.9. The molecule has 0 saturated carbocycles. The van der Waals surface area contributed by atoms with Crippen molar-refractivity contribution in [2.45, 2.75) is 42.6 Å². The van der Waals surface area contributed by atoms with Gasteiger partial charge in [0, 0.05) is 21.9 Å². The number of aliphatic hydroxyl groups is 3. The van der Waals surface area contributed by atoms with Gasteiger partial charge in [-0.2, -0.15) is 0 Å². The summed E-state index contributed by atoms with van der Waals surface area (Å²) in [5.41, 5.74) is 0.294. The minimum Gasteiger partial charge on any atom is -0.394 e. The van der Waals surface area contributed by atoms with Crippen molar-refractivity contribution in [2.75, 3.05) is 31.8 Å². The van der Waals surface area contributed by atoms with Gasteiger partial charge in [-0.3, -0.25) is 4.79 Å². The largest absolute Gasteiger partial charge is 0.394 e. The number of benzene rings is 2. The van der Waals surface area contributed by atoms with Crippen molar-refractivity contribution >= 4 is 34.2 Å². The highest BCUT2D eigenvalue weighted by Gasteiger charge is 2.52. The molecule has 3 N–H and O–H groups in total. The lowest BCUT2D eigenvalue weighted by atomic mass is 9.91. The zero-order valence-electron chi connectivity index (χ0n) is 21.5. The van der Waals surface area contributed by atoms with Gasteiger partial charge in [0.1, 0.15) is 36.2 Å². The predicted octanol–water partition coefficient (Wildman–Crippen LogP) is 1.44. The second kappa shape index (κ2) is 12.3. The van der Waals surface area contributed by atoms with Crippen molar-refractivity contribution in [3.63, 3.8) is 0 Å². The molecule has 2 aliphatic heterocycles. The molecule has 0 aliphatic carbocycles. The first-order valence-electron chi connectivity index (χ1n) is 12.5. The number of aromatic nitrogens is 3. The van der Waals surface area contributed by atoms with Gasteiger partial charge in [-0.1, -0.05) is 11.3 Å². The highest BCUT2D eigenvalue weighted by Crippen LogP contribution is 2.35. The summed E-state index contributed by atoms with van der Waals surface area (Å²) in [4.78, 5) is 15.6. The number of anilines is 1.